The number of anilines is 1. The smallest absolute Gasteiger partial charge is 0.231 e. The van der Waals surface area contributed by atoms with Gasteiger partial charge in [0.25, 0.3) is 0 Å². The van der Waals surface area contributed by atoms with Crippen molar-refractivity contribution < 1.29 is 9.52 Å². The number of fused-ring (bicyclic) bond motifs is 1. The molecule has 4 rings (SSSR count). The van der Waals surface area contributed by atoms with Crippen LogP contribution in [0.5, 0.6) is 0 Å². The van der Waals surface area contributed by atoms with Crippen molar-refractivity contribution in [2.75, 3.05) is 11.9 Å². The summed E-state index contributed by atoms with van der Waals surface area (Å²) in [6.45, 7) is 0.505. The monoisotopic (exact) mass is 295 g/mol. The summed E-state index contributed by atoms with van der Waals surface area (Å²) < 4.78 is 5.81. The maximum absolute atomic E-state index is 10.2. The maximum atomic E-state index is 10.2. The van der Waals surface area contributed by atoms with E-state index in [9.17, 15) is 5.11 Å². The summed E-state index contributed by atoms with van der Waals surface area (Å²) in [5.41, 5.74) is 0.963. The molecule has 0 bridgehead atoms. The van der Waals surface area contributed by atoms with E-state index in [1.807, 2.05) is 36.4 Å². The number of nitrogens with zero attached hydrogens (tertiary/aromatic N) is 2. The number of rotatable bonds is 4. The molecule has 5 heteroatoms. The van der Waals surface area contributed by atoms with Crippen LogP contribution in [0.2, 0.25) is 0 Å². The first-order valence-electron chi connectivity index (χ1n) is 7.50. The third kappa shape index (κ3) is 2.33. The van der Waals surface area contributed by atoms with Crippen LogP contribution in [-0.2, 0) is 0 Å². The maximum Gasteiger partial charge on any atom is 0.231 e. The second-order valence-corrected chi connectivity index (χ2v) is 5.85. The summed E-state index contributed by atoms with van der Waals surface area (Å²) in [5.74, 6) is 1.47. The van der Waals surface area contributed by atoms with Gasteiger partial charge in [-0.3, -0.25) is 0 Å². The summed E-state index contributed by atoms with van der Waals surface area (Å²) in [6.07, 6.45) is 4.25. The molecule has 0 saturated heterocycles. The molecular formula is C17H17N3O2. The molecule has 1 aromatic carbocycles. The molecule has 1 saturated carbocycles. The van der Waals surface area contributed by atoms with Crippen molar-refractivity contribution in [1.82, 2.24) is 9.97 Å². The van der Waals surface area contributed by atoms with E-state index in [4.69, 9.17) is 4.42 Å². The van der Waals surface area contributed by atoms with Crippen LogP contribution in [0.3, 0.4) is 0 Å². The van der Waals surface area contributed by atoms with E-state index >= 15 is 0 Å². The fourth-order valence-corrected chi connectivity index (χ4v) is 2.75. The lowest BCUT2D eigenvalue weighted by Gasteiger charge is -2.36. The average molecular weight is 295 g/mol. The number of furan rings is 1. The van der Waals surface area contributed by atoms with Gasteiger partial charge in [-0.2, -0.15) is 0 Å². The Bertz CT molecular complexity index is 794. The topological polar surface area (TPSA) is 71.2 Å². The molecule has 0 aliphatic heterocycles. The molecule has 1 fully saturated rings. The van der Waals surface area contributed by atoms with E-state index in [0.29, 0.717) is 18.1 Å². The Hall–Kier alpha value is -2.40. The Morgan fingerprint density at radius 3 is 2.73 bits per heavy atom. The molecule has 0 amide bonds. The van der Waals surface area contributed by atoms with E-state index in [2.05, 4.69) is 15.3 Å². The molecule has 1 aliphatic rings. The van der Waals surface area contributed by atoms with Crippen molar-refractivity contribution >= 4 is 16.9 Å². The van der Waals surface area contributed by atoms with Gasteiger partial charge in [0, 0.05) is 12.1 Å². The molecule has 2 aromatic heterocycles. The third-order valence-electron chi connectivity index (χ3n) is 4.26. The van der Waals surface area contributed by atoms with Crippen molar-refractivity contribution in [3.05, 3.63) is 42.7 Å². The second kappa shape index (κ2) is 5.10. The van der Waals surface area contributed by atoms with Crippen molar-refractivity contribution in [3.63, 3.8) is 0 Å². The lowest BCUT2D eigenvalue weighted by Crippen LogP contribution is -2.43. The van der Waals surface area contributed by atoms with Crippen LogP contribution in [-0.4, -0.2) is 27.2 Å². The standard InChI is InChI=1S/C17H17N3O2/c21-17(7-4-8-17)10-18-15-13-9-14(12-5-2-1-3-6-12)22-16(13)20-11-19-15/h1-3,5-6,9,11,21H,4,7-8,10H2,(H,18,19,20). The predicted octanol–water partition coefficient (Wildman–Crippen LogP) is 3.22. The fourth-order valence-electron chi connectivity index (χ4n) is 2.75. The van der Waals surface area contributed by atoms with Crippen LogP contribution in [0, 0.1) is 0 Å². The van der Waals surface area contributed by atoms with Crippen LogP contribution in [0.1, 0.15) is 19.3 Å². The number of nitrogens with one attached hydrogen (secondary N) is 1. The lowest BCUT2D eigenvalue weighted by atomic mass is 9.80. The van der Waals surface area contributed by atoms with E-state index in [1.165, 1.54) is 6.33 Å². The highest BCUT2D eigenvalue weighted by atomic mass is 16.3. The predicted molar refractivity (Wildman–Crippen MR) is 84.5 cm³/mol. The Morgan fingerprint density at radius 1 is 1.18 bits per heavy atom. The van der Waals surface area contributed by atoms with Gasteiger partial charge in [-0.1, -0.05) is 30.3 Å². The minimum absolute atomic E-state index is 0.505. The van der Waals surface area contributed by atoms with E-state index in [1.54, 1.807) is 0 Å². The molecule has 5 nitrogen and oxygen atoms in total. The lowest BCUT2D eigenvalue weighted by molar-refractivity contribution is -0.0202. The van der Waals surface area contributed by atoms with Crippen molar-refractivity contribution in [2.24, 2.45) is 0 Å². The number of aromatic nitrogens is 2. The van der Waals surface area contributed by atoms with E-state index < -0.39 is 5.60 Å². The highest BCUT2D eigenvalue weighted by Crippen LogP contribution is 2.33. The largest absolute Gasteiger partial charge is 0.438 e. The van der Waals surface area contributed by atoms with Crippen molar-refractivity contribution in [2.45, 2.75) is 24.9 Å². The number of hydrogen-bond donors (Lipinski definition) is 2. The van der Waals surface area contributed by atoms with Crippen LogP contribution in [0.25, 0.3) is 22.4 Å². The third-order valence-corrected chi connectivity index (χ3v) is 4.26. The van der Waals surface area contributed by atoms with Gasteiger partial charge in [0.2, 0.25) is 5.71 Å². The zero-order valence-corrected chi connectivity index (χ0v) is 12.1. The van der Waals surface area contributed by atoms with Gasteiger partial charge in [0.1, 0.15) is 17.9 Å². The average Bonchev–Trinajstić information content (AvgIpc) is 2.96. The van der Waals surface area contributed by atoms with Crippen LogP contribution in [0.15, 0.2) is 47.1 Å². The van der Waals surface area contributed by atoms with Gasteiger partial charge in [-0.05, 0) is 25.3 Å². The second-order valence-electron chi connectivity index (χ2n) is 5.85. The van der Waals surface area contributed by atoms with E-state index in [-0.39, 0.29) is 0 Å². The molecule has 2 N–H and O–H groups in total. The van der Waals surface area contributed by atoms with Crippen LogP contribution in [0.4, 0.5) is 5.82 Å². The zero-order chi connectivity index (χ0) is 15.0. The first-order chi connectivity index (χ1) is 10.7. The Kier molecular flexibility index (Phi) is 3.08. The van der Waals surface area contributed by atoms with Crippen LogP contribution >= 0.6 is 0 Å². The minimum Gasteiger partial charge on any atom is -0.438 e. The molecule has 0 spiro atoms. The highest BCUT2D eigenvalue weighted by Gasteiger charge is 2.34. The molecule has 112 valence electrons. The van der Waals surface area contributed by atoms with Gasteiger partial charge in [-0.25, -0.2) is 9.97 Å². The van der Waals surface area contributed by atoms with Gasteiger partial charge >= 0.3 is 0 Å². The molecule has 3 aromatic rings. The van der Waals surface area contributed by atoms with Gasteiger partial charge < -0.3 is 14.8 Å². The normalized spacial score (nSPS) is 16.4. The van der Waals surface area contributed by atoms with Gasteiger partial charge in [-0.15, -0.1) is 0 Å². The summed E-state index contributed by atoms with van der Waals surface area (Å²) in [7, 11) is 0. The molecule has 2 heterocycles. The Balaban J connectivity index is 1.66. The molecule has 22 heavy (non-hydrogen) atoms. The fraction of sp³-hybridized carbons (Fsp3) is 0.294. The van der Waals surface area contributed by atoms with Gasteiger partial charge in [0.15, 0.2) is 0 Å². The highest BCUT2D eigenvalue weighted by molar-refractivity contribution is 5.89. The first kappa shape index (κ1) is 13.3. The molecule has 0 radical (unpaired) electrons. The Labute approximate surface area is 128 Å². The van der Waals surface area contributed by atoms with Crippen LogP contribution < -0.4 is 5.32 Å². The van der Waals surface area contributed by atoms with Gasteiger partial charge in [0.05, 0.1) is 11.0 Å². The molecule has 0 unspecified atom stereocenters. The molecule has 0 atom stereocenters. The summed E-state index contributed by atoms with van der Waals surface area (Å²) in [6, 6.07) is 11.8. The SMILES string of the molecule is OC1(CNc2ncnc3oc(-c4ccccc4)cc23)CCC1. The quantitative estimate of drug-likeness (QED) is 0.773. The number of benzene rings is 1. The van der Waals surface area contributed by atoms with Crippen molar-refractivity contribution in [3.8, 4) is 11.3 Å². The molecule has 1 aliphatic carbocycles. The minimum atomic E-state index is -0.594. The number of hydrogen-bond acceptors (Lipinski definition) is 5. The number of aliphatic hydroxyl groups is 1. The first-order valence-corrected chi connectivity index (χ1v) is 7.50. The van der Waals surface area contributed by atoms with E-state index in [0.717, 1.165) is 36.0 Å². The molecular weight excluding hydrogens is 278 g/mol. The Morgan fingerprint density at radius 2 is 2.00 bits per heavy atom. The zero-order valence-electron chi connectivity index (χ0n) is 12.1. The summed E-state index contributed by atoms with van der Waals surface area (Å²) >= 11 is 0. The summed E-state index contributed by atoms with van der Waals surface area (Å²) in [5, 5.41) is 14.3. The summed E-state index contributed by atoms with van der Waals surface area (Å²) in [4.78, 5) is 8.47. The van der Waals surface area contributed by atoms with Crippen molar-refractivity contribution in [1.29, 1.82) is 0 Å².